The van der Waals surface area contributed by atoms with Crippen molar-refractivity contribution in [2.75, 3.05) is 13.1 Å². The van der Waals surface area contributed by atoms with Crippen LogP contribution in [-0.2, 0) is 6.54 Å². The van der Waals surface area contributed by atoms with Crippen molar-refractivity contribution in [1.29, 1.82) is 0 Å². The molecule has 110 valence electrons. The molecule has 0 fully saturated rings. The number of benzene rings is 1. The Balaban J connectivity index is 0.00000220. The van der Waals surface area contributed by atoms with Gasteiger partial charge in [-0.3, -0.25) is 4.98 Å². The molecule has 0 atom stereocenters. The maximum atomic E-state index is 5.25. The Morgan fingerprint density at radius 3 is 2.86 bits per heavy atom. The first-order valence-corrected chi connectivity index (χ1v) is 6.63. The van der Waals surface area contributed by atoms with Crippen LogP contribution >= 0.6 is 24.0 Å². The van der Waals surface area contributed by atoms with Gasteiger partial charge in [-0.2, -0.15) is 0 Å². The summed E-state index contributed by atoms with van der Waals surface area (Å²) in [6.07, 6.45) is 7.05. The molecule has 0 radical (unpaired) electrons. The van der Waals surface area contributed by atoms with E-state index in [0.29, 0.717) is 13.1 Å². The highest BCUT2D eigenvalue weighted by atomic mass is 127. The third-order valence-corrected chi connectivity index (χ3v) is 2.83. The molecule has 0 aliphatic heterocycles. The molecule has 1 aromatic carbocycles. The summed E-state index contributed by atoms with van der Waals surface area (Å²) in [5.74, 6) is 3.26. The first-order valence-electron chi connectivity index (χ1n) is 6.63. The zero-order valence-electron chi connectivity index (χ0n) is 12.0. The summed E-state index contributed by atoms with van der Waals surface area (Å²) in [5, 5.41) is 7.36. The number of para-hydroxylation sites is 1. The lowest BCUT2D eigenvalue weighted by molar-refractivity contribution is 0.866. The maximum absolute atomic E-state index is 5.25. The number of terminal acetylenes is 1. The van der Waals surface area contributed by atoms with Gasteiger partial charge in [-0.15, -0.1) is 30.4 Å². The average molecular weight is 394 g/mol. The maximum Gasteiger partial charge on any atom is 0.192 e. The highest BCUT2D eigenvalue weighted by Crippen LogP contribution is 2.16. The summed E-state index contributed by atoms with van der Waals surface area (Å²) in [5.41, 5.74) is 2.09. The number of fused-ring (bicyclic) bond motifs is 1. The van der Waals surface area contributed by atoms with Crippen molar-refractivity contribution in [3.63, 3.8) is 0 Å². The van der Waals surface area contributed by atoms with Gasteiger partial charge in [0.2, 0.25) is 0 Å². The Hall–Kier alpha value is -1.81. The lowest BCUT2D eigenvalue weighted by Gasteiger charge is -2.09. The van der Waals surface area contributed by atoms with Gasteiger partial charge < -0.3 is 10.6 Å². The molecule has 1 aromatic heterocycles. The topological polar surface area (TPSA) is 49.3 Å². The number of rotatable bonds is 4. The van der Waals surface area contributed by atoms with Gasteiger partial charge in [-0.05, 0) is 18.6 Å². The normalized spacial score (nSPS) is 10.6. The Kier molecular flexibility index (Phi) is 7.54. The molecule has 2 rings (SSSR count). The van der Waals surface area contributed by atoms with E-state index in [9.17, 15) is 0 Å². The number of pyridine rings is 1. The minimum atomic E-state index is 0. The van der Waals surface area contributed by atoms with Crippen LogP contribution in [0.4, 0.5) is 0 Å². The van der Waals surface area contributed by atoms with E-state index in [1.54, 1.807) is 6.20 Å². The zero-order chi connectivity index (χ0) is 14.2. The Morgan fingerprint density at radius 1 is 1.29 bits per heavy atom. The minimum Gasteiger partial charge on any atom is -0.357 e. The number of hydrogen-bond acceptors (Lipinski definition) is 2. The number of aliphatic imine (C=N–C) groups is 1. The van der Waals surface area contributed by atoms with Crippen LogP contribution in [0.5, 0.6) is 0 Å². The van der Waals surface area contributed by atoms with Crippen molar-refractivity contribution in [2.24, 2.45) is 4.99 Å². The molecule has 2 N–H and O–H groups in total. The van der Waals surface area contributed by atoms with Gasteiger partial charge in [0.25, 0.3) is 0 Å². The van der Waals surface area contributed by atoms with Crippen LogP contribution in [0.2, 0.25) is 0 Å². The quantitative estimate of drug-likeness (QED) is 0.363. The van der Waals surface area contributed by atoms with Crippen LogP contribution < -0.4 is 10.6 Å². The average Bonchev–Trinajstić information content (AvgIpc) is 2.50. The number of aromatic nitrogens is 1. The fourth-order valence-corrected chi connectivity index (χ4v) is 1.94. The van der Waals surface area contributed by atoms with Crippen molar-refractivity contribution in [1.82, 2.24) is 15.6 Å². The van der Waals surface area contributed by atoms with Crippen molar-refractivity contribution in [2.45, 2.75) is 13.5 Å². The summed E-state index contributed by atoms with van der Waals surface area (Å²) in [6.45, 7) is 3.84. The molecule has 21 heavy (non-hydrogen) atoms. The highest BCUT2D eigenvalue weighted by Gasteiger charge is 2.01. The molecular weight excluding hydrogens is 375 g/mol. The van der Waals surface area contributed by atoms with Crippen LogP contribution in [0.1, 0.15) is 12.5 Å². The number of halogens is 1. The third-order valence-electron chi connectivity index (χ3n) is 2.83. The van der Waals surface area contributed by atoms with E-state index in [0.717, 1.165) is 29.0 Å². The summed E-state index contributed by atoms with van der Waals surface area (Å²) >= 11 is 0. The molecule has 0 saturated heterocycles. The molecule has 0 aliphatic rings. The van der Waals surface area contributed by atoms with Crippen molar-refractivity contribution in [3.05, 3.63) is 42.1 Å². The van der Waals surface area contributed by atoms with Crippen molar-refractivity contribution >= 4 is 40.8 Å². The molecule has 0 aliphatic carbocycles. The molecule has 0 unspecified atom stereocenters. The molecule has 2 aromatic rings. The summed E-state index contributed by atoms with van der Waals surface area (Å²) in [7, 11) is 0. The van der Waals surface area contributed by atoms with Gasteiger partial charge >= 0.3 is 0 Å². The highest BCUT2D eigenvalue weighted by molar-refractivity contribution is 14.0. The van der Waals surface area contributed by atoms with Crippen LogP contribution in [0.15, 0.2) is 41.5 Å². The number of nitrogens with zero attached hydrogens (tertiary/aromatic N) is 2. The van der Waals surface area contributed by atoms with Crippen LogP contribution in [0, 0.1) is 12.3 Å². The first kappa shape index (κ1) is 17.2. The minimum absolute atomic E-state index is 0. The van der Waals surface area contributed by atoms with E-state index < -0.39 is 0 Å². The lowest BCUT2D eigenvalue weighted by Crippen LogP contribution is -2.37. The lowest BCUT2D eigenvalue weighted by atomic mass is 10.1. The molecule has 4 nitrogen and oxygen atoms in total. The standard InChI is InChI=1S/C16H18N4.HI/c1-3-10-19-16(17-4-2)20-12-14-8-5-7-13-9-6-11-18-15(13)14;/h1,5-9,11H,4,10,12H2,2H3,(H2,17,19,20);1H. The zero-order valence-corrected chi connectivity index (χ0v) is 14.3. The molecule has 1 heterocycles. The smallest absolute Gasteiger partial charge is 0.192 e. The molecule has 5 heteroatoms. The van der Waals surface area contributed by atoms with E-state index in [4.69, 9.17) is 6.42 Å². The molecular formula is C16H19IN4. The summed E-state index contributed by atoms with van der Waals surface area (Å²) < 4.78 is 0. The summed E-state index contributed by atoms with van der Waals surface area (Å²) in [4.78, 5) is 8.96. The first-order chi connectivity index (χ1) is 9.85. The van der Waals surface area contributed by atoms with Gasteiger partial charge in [-0.1, -0.05) is 30.2 Å². The molecule has 0 amide bonds. The van der Waals surface area contributed by atoms with Gasteiger partial charge in [0.05, 0.1) is 18.6 Å². The van der Waals surface area contributed by atoms with Gasteiger partial charge in [0.15, 0.2) is 5.96 Å². The predicted molar refractivity (Wildman–Crippen MR) is 98.8 cm³/mol. The second kappa shape index (κ2) is 9.19. The monoisotopic (exact) mass is 394 g/mol. The van der Waals surface area contributed by atoms with Gasteiger partial charge in [0, 0.05) is 18.1 Å². The van der Waals surface area contributed by atoms with E-state index in [2.05, 4.69) is 38.7 Å². The Morgan fingerprint density at radius 2 is 2.10 bits per heavy atom. The van der Waals surface area contributed by atoms with Gasteiger partial charge in [0.1, 0.15) is 0 Å². The fraction of sp³-hybridized carbons (Fsp3) is 0.250. The third kappa shape index (κ3) is 4.90. The number of guanidine groups is 1. The fourth-order valence-electron chi connectivity index (χ4n) is 1.94. The predicted octanol–water partition coefficient (Wildman–Crippen LogP) is 2.54. The second-order valence-electron chi connectivity index (χ2n) is 4.25. The molecule has 0 saturated carbocycles. The second-order valence-corrected chi connectivity index (χ2v) is 4.25. The van der Waals surface area contributed by atoms with E-state index in [1.165, 1.54) is 0 Å². The van der Waals surface area contributed by atoms with E-state index in [1.807, 2.05) is 25.1 Å². The number of nitrogens with one attached hydrogen (secondary N) is 2. The molecule has 0 spiro atoms. The largest absolute Gasteiger partial charge is 0.357 e. The SMILES string of the molecule is C#CCNC(=NCc1cccc2cccnc12)NCC.I. The Bertz CT molecular complexity index is 641. The van der Waals surface area contributed by atoms with E-state index in [-0.39, 0.29) is 24.0 Å². The van der Waals surface area contributed by atoms with Crippen LogP contribution in [0.3, 0.4) is 0 Å². The van der Waals surface area contributed by atoms with Crippen molar-refractivity contribution in [3.8, 4) is 12.3 Å². The Labute approximate surface area is 142 Å². The van der Waals surface area contributed by atoms with Crippen molar-refractivity contribution < 1.29 is 0 Å². The van der Waals surface area contributed by atoms with Gasteiger partial charge in [-0.25, -0.2) is 4.99 Å². The summed E-state index contributed by atoms with van der Waals surface area (Å²) in [6, 6.07) is 10.1. The number of hydrogen-bond donors (Lipinski definition) is 2. The van der Waals surface area contributed by atoms with E-state index >= 15 is 0 Å². The van der Waals surface area contributed by atoms with Crippen LogP contribution in [-0.4, -0.2) is 24.0 Å². The molecule has 0 bridgehead atoms. The van der Waals surface area contributed by atoms with Crippen LogP contribution in [0.25, 0.3) is 10.9 Å².